The maximum Gasteiger partial charge on any atom is 0.409 e. The molecule has 1 aliphatic rings. The maximum absolute atomic E-state index is 11.4. The molecule has 1 aliphatic heterocycles. The SMILES string of the molecule is CCOC(=O)N1CCN(CC(C)C#N)CC1. The van der Waals surface area contributed by atoms with Crippen molar-refractivity contribution in [3.63, 3.8) is 0 Å². The van der Waals surface area contributed by atoms with E-state index in [0.29, 0.717) is 19.7 Å². The fourth-order valence-electron chi connectivity index (χ4n) is 1.76. The first-order valence-corrected chi connectivity index (χ1v) is 5.71. The van der Waals surface area contributed by atoms with E-state index in [2.05, 4.69) is 11.0 Å². The van der Waals surface area contributed by atoms with E-state index >= 15 is 0 Å². The van der Waals surface area contributed by atoms with Crippen molar-refractivity contribution in [2.75, 3.05) is 39.3 Å². The Labute approximate surface area is 96.6 Å². The number of hydrogen-bond donors (Lipinski definition) is 0. The number of carbonyl (C=O) groups excluding carboxylic acids is 1. The summed E-state index contributed by atoms with van der Waals surface area (Å²) < 4.78 is 4.93. The molecule has 90 valence electrons. The molecule has 1 unspecified atom stereocenters. The Morgan fingerprint density at radius 1 is 1.44 bits per heavy atom. The molecule has 0 N–H and O–H groups in total. The second-order valence-corrected chi connectivity index (χ2v) is 4.02. The largest absolute Gasteiger partial charge is 0.450 e. The van der Waals surface area contributed by atoms with E-state index in [0.717, 1.165) is 19.6 Å². The van der Waals surface area contributed by atoms with Crippen molar-refractivity contribution in [3.8, 4) is 6.07 Å². The third-order valence-corrected chi connectivity index (χ3v) is 2.65. The number of nitriles is 1. The average molecular weight is 225 g/mol. The highest BCUT2D eigenvalue weighted by Crippen LogP contribution is 2.06. The van der Waals surface area contributed by atoms with Gasteiger partial charge in [-0.1, -0.05) is 0 Å². The van der Waals surface area contributed by atoms with Crippen molar-refractivity contribution in [2.45, 2.75) is 13.8 Å². The van der Waals surface area contributed by atoms with Gasteiger partial charge in [0.1, 0.15) is 0 Å². The zero-order chi connectivity index (χ0) is 12.0. The lowest BCUT2D eigenvalue weighted by atomic mass is 10.2. The van der Waals surface area contributed by atoms with Gasteiger partial charge in [0.2, 0.25) is 0 Å². The van der Waals surface area contributed by atoms with Gasteiger partial charge in [-0.05, 0) is 13.8 Å². The van der Waals surface area contributed by atoms with E-state index in [9.17, 15) is 4.79 Å². The highest BCUT2D eigenvalue weighted by molar-refractivity contribution is 5.67. The Kier molecular flexibility index (Phi) is 5.06. The molecular formula is C11H19N3O2. The van der Waals surface area contributed by atoms with E-state index in [-0.39, 0.29) is 12.0 Å². The molecule has 0 radical (unpaired) electrons. The minimum absolute atomic E-state index is 0.0501. The fraction of sp³-hybridized carbons (Fsp3) is 0.818. The van der Waals surface area contributed by atoms with Gasteiger partial charge in [0.25, 0.3) is 0 Å². The van der Waals surface area contributed by atoms with Crippen LogP contribution in [0.2, 0.25) is 0 Å². The topological polar surface area (TPSA) is 56.6 Å². The van der Waals surface area contributed by atoms with Gasteiger partial charge in [0, 0.05) is 32.7 Å². The number of carbonyl (C=O) groups is 1. The predicted molar refractivity (Wildman–Crippen MR) is 59.8 cm³/mol. The summed E-state index contributed by atoms with van der Waals surface area (Å²) in [4.78, 5) is 15.3. The van der Waals surface area contributed by atoms with Crippen molar-refractivity contribution in [3.05, 3.63) is 0 Å². The van der Waals surface area contributed by atoms with Crippen LogP contribution in [0.15, 0.2) is 0 Å². The molecule has 0 aromatic carbocycles. The number of ether oxygens (including phenoxy) is 1. The zero-order valence-corrected chi connectivity index (χ0v) is 9.98. The van der Waals surface area contributed by atoms with Crippen molar-refractivity contribution >= 4 is 6.09 Å². The van der Waals surface area contributed by atoms with Crippen LogP contribution in [-0.4, -0.2) is 55.2 Å². The summed E-state index contributed by atoms with van der Waals surface area (Å²) in [5.74, 6) is 0.0501. The number of nitrogens with zero attached hydrogens (tertiary/aromatic N) is 3. The molecule has 0 saturated carbocycles. The van der Waals surface area contributed by atoms with Crippen LogP contribution in [0.5, 0.6) is 0 Å². The highest BCUT2D eigenvalue weighted by Gasteiger charge is 2.22. The lowest BCUT2D eigenvalue weighted by Crippen LogP contribution is -2.49. The third-order valence-electron chi connectivity index (χ3n) is 2.65. The molecule has 1 amide bonds. The van der Waals surface area contributed by atoms with Crippen LogP contribution in [0.3, 0.4) is 0 Å². The maximum atomic E-state index is 11.4. The Morgan fingerprint density at radius 3 is 2.56 bits per heavy atom. The van der Waals surface area contributed by atoms with Gasteiger partial charge in [0.05, 0.1) is 18.6 Å². The number of rotatable bonds is 3. The molecule has 1 heterocycles. The second kappa shape index (κ2) is 6.33. The molecule has 0 spiro atoms. The molecule has 1 rings (SSSR count). The van der Waals surface area contributed by atoms with Gasteiger partial charge in [0.15, 0.2) is 0 Å². The molecule has 0 aromatic heterocycles. The molecular weight excluding hydrogens is 206 g/mol. The zero-order valence-electron chi connectivity index (χ0n) is 9.98. The van der Waals surface area contributed by atoms with Crippen molar-refractivity contribution < 1.29 is 9.53 Å². The second-order valence-electron chi connectivity index (χ2n) is 4.02. The quantitative estimate of drug-likeness (QED) is 0.716. The molecule has 1 fully saturated rings. The molecule has 0 aromatic rings. The van der Waals surface area contributed by atoms with E-state index < -0.39 is 0 Å². The molecule has 5 heteroatoms. The summed E-state index contributed by atoms with van der Waals surface area (Å²) in [7, 11) is 0. The Morgan fingerprint density at radius 2 is 2.06 bits per heavy atom. The Bertz CT molecular complexity index is 267. The summed E-state index contributed by atoms with van der Waals surface area (Å²) in [6, 6.07) is 2.22. The van der Waals surface area contributed by atoms with Gasteiger partial charge in [-0.25, -0.2) is 4.79 Å². The number of amides is 1. The molecule has 1 saturated heterocycles. The van der Waals surface area contributed by atoms with Gasteiger partial charge in [-0.3, -0.25) is 4.90 Å². The average Bonchev–Trinajstić information content (AvgIpc) is 2.30. The monoisotopic (exact) mass is 225 g/mol. The van der Waals surface area contributed by atoms with E-state index in [1.807, 2.05) is 13.8 Å². The van der Waals surface area contributed by atoms with Crippen LogP contribution in [0, 0.1) is 17.2 Å². The minimum atomic E-state index is -0.226. The van der Waals surface area contributed by atoms with Crippen LogP contribution in [-0.2, 0) is 4.74 Å². The van der Waals surface area contributed by atoms with E-state index in [1.54, 1.807) is 4.90 Å². The van der Waals surface area contributed by atoms with Crippen molar-refractivity contribution in [2.24, 2.45) is 5.92 Å². The molecule has 5 nitrogen and oxygen atoms in total. The standard InChI is InChI=1S/C11H19N3O2/c1-3-16-11(15)14-6-4-13(5-7-14)9-10(2)8-12/h10H,3-7,9H2,1-2H3. The Hall–Kier alpha value is -1.28. The van der Waals surface area contributed by atoms with Gasteiger partial charge < -0.3 is 9.64 Å². The van der Waals surface area contributed by atoms with E-state index in [1.165, 1.54) is 0 Å². The highest BCUT2D eigenvalue weighted by atomic mass is 16.6. The number of piperazine rings is 1. The normalized spacial score (nSPS) is 18.9. The van der Waals surface area contributed by atoms with Gasteiger partial charge >= 0.3 is 6.09 Å². The van der Waals surface area contributed by atoms with Gasteiger partial charge in [-0.15, -0.1) is 0 Å². The van der Waals surface area contributed by atoms with Crippen LogP contribution in [0.25, 0.3) is 0 Å². The van der Waals surface area contributed by atoms with Crippen molar-refractivity contribution in [1.29, 1.82) is 5.26 Å². The summed E-state index contributed by atoms with van der Waals surface area (Å²) in [6.45, 7) is 7.96. The first-order chi connectivity index (χ1) is 7.67. The summed E-state index contributed by atoms with van der Waals surface area (Å²) in [5.41, 5.74) is 0. The smallest absolute Gasteiger partial charge is 0.409 e. The first kappa shape index (κ1) is 12.8. The third kappa shape index (κ3) is 3.70. The summed E-state index contributed by atoms with van der Waals surface area (Å²) in [5, 5.41) is 8.71. The molecule has 16 heavy (non-hydrogen) atoms. The summed E-state index contributed by atoms with van der Waals surface area (Å²) in [6.07, 6.45) is -0.226. The van der Waals surface area contributed by atoms with Crippen LogP contribution in [0.1, 0.15) is 13.8 Å². The molecule has 1 atom stereocenters. The lowest BCUT2D eigenvalue weighted by Gasteiger charge is -2.34. The lowest BCUT2D eigenvalue weighted by molar-refractivity contribution is 0.0778. The molecule has 0 bridgehead atoms. The molecule has 0 aliphatic carbocycles. The van der Waals surface area contributed by atoms with Gasteiger partial charge in [-0.2, -0.15) is 5.26 Å². The summed E-state index contributed by atoms with van der Waals surface area (Å²) >= 11 is 0. The van der Waals surface area contributed by atoms with E-state index in [4.69, 9.17) is 10.00 Å². The minimum Gasteiger partial charge on any atom is -0.450 e. The van der Waals surface area contributed by atoms with Crippen LogP contribution >= 0.6 is 0 Å². The number of hydrogen-bond acceptors (Lipinski definition) is 4. The predicted octanol–water partition coefficient (Wildman–Crippen LogP) is 0.920. The van der Waals surface area contributed by atoms with Crippen LogP contribution < -0.4 is 0 Å². The Balaban J connectivity index is 2.29. The first-order valence-electron chi connectivity index (χ1n) is 5.71. The fourth-order valence-corrected chi connectivity index (χ4v) is 1.76. The van der Waals surface area contributed by atoms with Crippen molar-refractivity contribution in [1.82, 2.24) is 9.80 Å². The van der Waals surface area contributed by atoms with Crippen LogP contribution in [0.4, 0.5) is 4.79 Å².